The van der Waals surface area contributed by atoms with Crippen LogP contribution in [0.1, 0.15) is 5.56 Å². The fraction of sp³-hybridized carbons (Fsp3) is 0.462. The van der Waals surface area contributed by atoms with E-state index in [0.717, 1.165) is 11.3 Å². The van der Waals surface area contributed by atoms with Crippen LogP contribution in [-0.2, 0) is 4.74 Å². The molecule has 0 saturated carbocycles. The van der Waals surface area contributed by atoms with Gasteiger partial charge in [-0.2, -0.15) is 0 Å². The van der Waals surface area contributed by atoms with Crippen LogP contribution < -0.4 is 5.32 Å². The van der Waals surface area contributed by atoms with E-state index in [2.05, 4.69) is 5.32 Å². The van der Waals surface area contributed by atoms with Crippen molar-refractivity contribution in [2.45, 2.75) is 13.0 Å². The maximum Gasteiger partial charge on any atom is 0.407 e. The second-order valence-corrected chi connectivity index (χ2v) is 5.00. The Morgan fingerprint density at radius 3 is 3.11 bits per heavy atom. The predicted molar refractivity (Wildman–Crippen MR) is 74.0 cm³/mol. The molecule has 1 aromatic rings. The molecule has 5 nitrogen and oxygen atoms in total. The quantitative estimate of drug-likeness (QED) is 0.895. The molecule has 1 aliphatic rings. The van der Waals surface area contributed by atoms with E-state index in [1.807, 2.05) is 25.1 Å². The van der Waals surface area contributed by atoms with Crippen molar-refractivity contribution in [2.24, 2.45) is 0 Å². The Hall–Kier alpha value is -1.46. The zero-order chi connectivity index (χ0) is 13.8. The van der Waals surface area contributed by atoms with Gasteiger partial charge in [-0.25, -0.2) is 4.79 Å². The average molecular weight is 285 g/mol. The summed E-state index contributed by atoms with van der Waals surface area (Å²) in [6, 6.07) is 5.62. The smallest absolute Gasteiger partial charge is 0.407 e. The number of morpholine rings is 1. The van der Waals surface area contributed by atoms with Crippen LogP contribution >= 0.6 is 11.6 Å². The number of hydrogen-bond acceptors (Lipinski definition) is 3. The molecule has 104 valence electrons. The van der Waals surface area contributed by atoms with E-state index in [1.54, 1.807) is 0 Å². The topological polar surface area (TPSA) is 61.8 Å². The molecule has 0 unspecified atom stereocenters. The van der Waals surface area contributed by atoms with Gasteiger partial charge < -0.3 is 20.1 Å². The minimum atomic E-state index is -0.893. The second kappa shape index (κ2) is 6.12. The number of ether oxygens (including phenoxy) is 1. The first-order chi connectivity index (χ1) is 9.06. The molecule has 1 aliphatic heterocycles. The Labute approximate surface area is 117 Å². The van der Waals surface area contributed by atoms with Gasteiger partial charge in [0, 0.05) is 23.8 Å². The van der Waals surface area contributed by atoms with Gasteiger partial charge >= 0.3 is 6.09 Å². The van der Waals surface area contributed by atoms with Crippen LogP contribution in [0.25, 0.3) is 0 Å². The third kappa shape index (κ3) is 3.75. The first-order valence-corrected chi connectivity index (χ1v) is 6.53. The number of amides is 1. The van der Waals surface area contributed by atoms with E-state index in [1.165, 1.54) is 4.90 Å². The van der Waals surface area contributed by atoms with Gasteiger partial charge in [-0.15, -0.1) is 0 Å². The molecule has 1 amide bonds. The van der Waals surface area contributed by atoms with Crippen LogP contribution in [0.3, 0.4) is 0 Å². The summed E-state index contributed by atoms with van der Waals surface area (Å²) in [5, 5.41) is 12.9. The minimum absolute atomic E-state index is 0.125. The number of hydrogen-bond donors (Lipinski definition) is 2. The summed E-state index contributed by atoms with van der Waals surface area (Å²) in [6.45, 7) is 3.82. The highest BCUT2D eigenvalue weighted by Gasteiger charge is 2.23. The van der Waals surface area contributed by atoms with E-state index in [9.17, 15) is 4.79 Å². The van der Waals surface area contributed by atoms with Crippen LogP contribution in [0.4, 0.5) is 10.5 Å². The number of rotatable bonds is 3. The summed E-state index contributed by atoms with van der Waals surface area (Å²) in [5.41, 5.74) is 2.04. The highest BCUT2D eigenvalue weighted by atomic mass is 35.5. The summed E-state index contributed by atoms with van der Waals surface area (Å²) in [6.07, 6.45) is -1.02. The van der Waals surface area contributed by atoms with Crippen molar-refractivity contribution >= 4 is 23.4 Å². The van der Waals surface area contributed by atoms with E-state index in [4.69, 9.17) is 21.4 Å². The molecule has 19 heavy (non-hydrogen) atoms. The molecule has 0 bridgehead atoms. The maximum atomic E-state index is 10.9. The van der Waals surface area contributed by atoms with Crippen molar-refractivity contribution in [3.63, 3.8) is 0 Å². The molecule has 2 rings (SSSR count). The van der Waals surface area contributed by atoms with Gasteiger partial charge in [0.25, 0.3) is 0 Å². The summed E-state index contributed by atoms with van der Waals surface area (Å²) < 4.78 is 5.55. The monoisotopic (exact) mass is 284 g/mol. The van der Waals surface area contributed by atoms with Crippen LogP contribution in [0.5, 0.6) is 0 Å². The summed E-state index contributed by atoms with van der Waals surface area (Å²) in [7, 11) is 0. The lowest BCUT2D eigenvalue weighted by molar-refractivity contribution is -0.0147. The third-order valence-corrected chi connectivity index (χ3v) is 3.35. The van der Waals surface area contributed by atoms with E-state index in [-0.39, 0.29) is 6.10 Å². The van der Waals surface area contributed by atoms with Crippen LogP contribution in [0.2, 0.25) is 5.02 Å². The molecule has 1 saturated heterocycles. The zero-order valence-electron chi connectivity index (χ0n) is 10.7. The molecule has 1 heterocycles. The third-order valence-electron chi connectivity index (χ3n) is 3.12. The van der Waals surface area contributed by atoms with Crippen molar-refractivity contribution in [1.82, 2.24) is 4.90 Å². The maximum absolute atomic E-state index is 10.9. The fourth-order valence-electron chi connectivity index (χ4n) is 2.07. The van der Waals surface area contributed by atoms with E-state index < -0.39 is 6.09 Å². The summed E-state index contributed by atoms with van der Waals surface area (Å²) in [4.78, 5) is 12.3. The Balaban J connectivity index is 1.89. The van der Waals surface area contributed by atoms with Gasteiger partial charge in [0.1, 0.15) is 0 Å². The number of carboxylic acid groups (broad SMARTS) is 1. The van der Waals surface area contributed by atoms with Crippen LogP contribution in [0.15, 0.2) is 18.2 Å². The molecule has 0 aliphatic carbocycles. The first kappa shape index (κ1) is 14.0. The molecule has 6 heteroatoms. The Kier molecular flexibility index (Phi) is 4.50. The van der Waals surface area contributed by atoms with Crippen LogP contribution in [0, 0.1) is 6.92 Å². The number of nitrogens with one attached hydrogen (secondary N) is 1. The number of carbonyl (C=O) groups is 1. The molecular weight excluding hydrogens is 268 g/mol. The predicted octanol–water partition coefficient (Wildman–Crippen LogP) is 2.44. The number of aryl methyl sites for hydroxylation is 1. The average Bonchev–Trinajstić information content (AvgIpc) is 2.38. The van der Waals surface area contributed by atoms with Crippen molar-refractivity contribution in [2.75, 3.05) is 31.6 Å². The molecule has 1 aromatic carbocycles. The van der Waals surface area contributed by atoms with Gasteiger partial charge in [0.15, 0.2) is 0 Å². The molecule has 1 atom stereocenters. The van der Waals surface area contributed by atoms with Crippen molar-refractivity contribution in [1.29, 1.82) is 0 Å². The Morgan fingerprint density at radius 2 is 2.42 bits per heavy atom. The second-order valence-electron chi connectivity index (χ2n) is 4.56. The van der Waals surface area contributed by atoms with Gasteiger partial charge in [0.2, 0.25) is 0 Å². The molecule has 1 fully saturated rings. The molecule has 0 spiro atoms. The number of anilines is 1. The zero-order valence-corrected chi connectivity index (χ0v) is 11.5. The van der Waals surface area contributed by atoms with Gasteiger partial charge in [0.05, 0.1) is 19.3 Å². The largest absolute Gasteiger partial charge is 0.465 e. The summed E-state index contributed by atoms with van der Waals surface area (Å²) in [5.74, 6) is 0. The normalized spacial score (nSPS) is 19.3. The minimum Gasteiger partial charge on any atom is -0.465 e. The van der Waals surface area contributed by atoms with Crippen LogP contribution in [-0.4, -0.2) is 48.4 Å². The SMILES string of the molecule is Cc1cc(Cl)ccc1NC[C@@H]1CN(C(=O)O)CCO1. The van der Waals surface area contributed by atoms with Crippen molar-refractivity contribution < 1.29 is 14.6 Å². The lowest BCUT2D eigenvalue weighted by Crippen LogP contribution is -2.47. The van der Waals surface area contributed by atoms with Crippen molar-refractivity contribution in [3.8, 4) is 0 Å². The van der Waals surface area contributed by atoms with Crippen molar-refractivity contribution in [3.05, 3.63) is 28.8 Å². The molecular formula is C13H17ClN2O3. The van der Waals surface area contributed by atoms with E-state index in [0.29, 0.717) is 31.3 Å². The van der Waals surface area contributed by atoms with Gasteiger partial charge in [-0.3, -0.25) is 0 Å². The van der Waals surface area contributed by atoms with Gasteiger partial charge in [-0.05, 0) is 30.7 Å². The highest BCUT2D eigenvalue weighted by Crippen LogP contribution is 2.19. The molecule has 0 aromatic heterocycles. The number of benzene rings is 1. The van der Waals surface area contributed by atoms with Gasteiger partial charge in [-0.1, -0.05) is 11.6 Å². The van der Waals surface area contributed by atoms with E-state index >= 15 is 0 Å². The lowest BCUT2D eigenvalue weighted by Gasteiger charge is -2.31. The number of nitrogens with zero attached hydrogens (tertiary/aromatic N) is 1. The standard InChI is InChI=1S/C13H17ClN2O3/c1-9-6-10(14)2-3-12(9)15-7-11-8-16(13(17)18)4-5-19-11/h2-3,6,11,15H,4-5,7-8H2,1H3,(H,17,18)/t11-/m1/s1. The highest BCUT2D eigenvalue weighted by molar-refractivity contribution is 6.30. The molecule has 0 radical (unpaired) electrons. The lowest BCUT2D eigenvalue weighted by atomic mass is 10.2. The number of halogens is 1. The first-order valence-electron chi connectivity index (χ1n) is 6.16. The molecule has 2 N–H and O–H groups in total. The fourth-order valence-corrected chi connectivity index (χ4v) is 2.29. The summed E-state index contributed by atoms with van der Waals surface area (Å²) >= 11 is 5.90. The Morgan fingerprint density at radius 1 is 1.63 bits per heavy atom. The Bertz CT molecular complexity index is 467.